The van der Waals surface area contributed by atoms with Gasteiger partial charge < -0.3 is 4.74 Å². The molecule has 0 bridgehead atoms. The van der Waals surface area contributed by atoms with Crippen LogP contribution in [0.3, 0.4) is 0 Å². The van der Waals surface area contributed by atoms with Gasteiger partial charge >= 0.3 is 0 Å². The Morgan fingerprint density at radius 1 is 1.15 bits per heavy atom. The van der Waals surface area contributed by atoms with Crippen molar-refractivity contribution in [2.75, 3.05) is 13.3 Å². The second-order valence-corrected chi connectivity index (χ2v) is 6.45. The minimum absolute atomic E-state index is 0.738. The number of benzene rings is 2. The molecule has 2 nitrogen and oxygen atoms in total. The van der Waals surface area contributed by atoms with Crippen molar-refractivity contribution in [1.29, 1.82) is 0 Å². The van der Waals surface area contributed by atoms with Gasteiger partial charge in [0.2, 0.25) is 6.73 Å². The molecule has 0 aromatic heterocycles. The second-order valence-electron chi connectivity index (χ2n) is 5.09. The summed E-state index contributed by atoms with van der Waals surface area (Å²) in [6, 6.07) is 14.3. The first-order valence-corrected chi connectivity index (χ1v) is 7.87. The lowest BCUT2D eigenvalue weighted by atomic mass is 10.1. The number of rotatable bonds is 3. The first-order chi connectivity index (χ1) is 9.70. The average molecular weight is 354 g/mol. The molecule has 0 saturated heterocycles. The van der Waals surface area contributed by atoms with Crippen LogP contribution >= 0.6 is 27.5 Å². The molecule has 0 aliphatic carbocycles. The minimum Gasteiger partial charge on any atom is -0.445 e. The summed E-state index contributed by atoms with van der Waals surface area (Å²) in [6.45, 7) is 2.82. The van der Waals surface area contributed by atoms with Gasteiger partial charge in [0.15, 0.2) is 0 Å². The Hall–Kier alpha value is -1.03. The average Bonchev–Trinajstić information content (AvgIpc) is 2.46. The summed E-state index contributed by atoms with van der Waals surface area (Å²) < 4.78 is 6.93. The fourth-order valence-corrected chi connectivity index (χ4v) is 2.99. The molecular formula is C16H16BrClNO+. The van der Waals surface area contributed by atoms with Crippen LogP contribution in [0.5, 0.6) is 5.75 Å². The molecule has 1 heterocycles. The van der Waals surface area contributed by atoms with Crippen molar-refractivity contribution < 1.29 is 9.64 Å². The van der Waals surface area contributed by atoms with Gasteiger partial charge in [-0.3, -0.25) is 4.90 Å². The Kier molecular flexibility index (Phi) is 4.29. The largest absolute Gasteiger partial charge is 0.445 e. The van der Waals surface area contributed by atoms with E-state index in [2.05, 4.69) is 34.1 Å². The Morgan fingerprint density at radius 3 is 2.75 bits per heavy atom. The standard InChI is InChI=1S/C16H15BrClNO/c17-14-3-6-16-13(9-14)10-19(11-20-16)8-7-12-1-4-15(18)5-2-12/h1-6,9H,7-8,10-11H2/p+1. The highest BCUT2D eigenvalue weighted by Crippen LogP contribution is 2.23. The molecule has 3 rings (SSSR count). The van der Waals surface area contributed by atoms with Crippen LogP contribution in [0.4, 0.5) is 0 Å². The van der Waals surface area contributed by atoms with E-state index >= 15 is 0 Å². The maximum Gasteiger partial charge on any atom is 0.222 e. The first kappa shape index (κ1) is 13.9. The topological polar surface area (TPSA) is 13.7 Å². The third-order valence-electron chi connectivity index (χ3n) is 3.58. The molecule has 1 N–H and O–H groups in total. The number of fused-ring (bicyclic) bond motifs is 1. The molecule has 104 valence electrons. The highest BCUT2D eigenvalue weighted by Gasteiger charge is 2.20. The van der Waals surface area contributed by atoms with Crippen LogP contribution < -0.4 is 9.64 Å². The van der Waals surface area contributed by atoms with Crippen molar-refractivity contribution in [2.45, 2.75) is 13.0 Å². The Labute approximate surface area is 132 Å². The van der Waals surface area contributed by atoms with Crippen LogP contribution in [-0.2, 0) is 13.0 Å². The van der Waals surface area contributed by atoms with E-state index in [-0.39, 0.29) is 0 Å². The van der Waals surface area contributed by atoms with Crippen molar-refractivity contribution in [3.63, 3.8) is 0 Å². The molecule has 0 fully saturated rings. The van der Waals surface area contributed by atoms with Gasteiger partial charge in [0.25, 0.3) is 0 Å². The quantitative estimate of drug-likeness (QED) is 0.895. The lowest BCUT2D eigenvalue weighted by Gasteiger charge is -2.26. The van der Waals surface area contributed by atoms with Gasteiger partial charge in [0.05, 0.1) is 6.54 Å². The number of quaternary nitrogens is 1. The van der Waals surface area contributed by atoms with E-state index in [9.17, 15) is 0 Å². The number of ether oxygens (including phenoxy) is 1. The molecule has 2 aromatic rings. The smallest absolute Gasteiger partial charge is 0.222 e. The lowest BCUT2D eigenvalue weighted by molar-refractivity contribution is -0.932. The fourth-order valence-electron chi connectivity index (χ4n) is 2.46. The van der Waals surface area contributed by atoms with Crippen molar-refractivity contribution in [2.24, 2.45) is 0 Å². The third-order valence-corrected chi connectivity index (χ3v) is 4.32. The maximum atomic E-state index is 5.90. The number of halogens is 2. The molecule has 0 radical (unpaired) electrons. The van der Waals surface area contributed by atoms with Crippen molar-refractivity contribution >= 4 is 27.5 Å². The molecule has 1 unspecified atom stereocenters. The molecule has 0 saturated carbocycles. The zero-order chi connectivity index (χ0) is 13.9. The van der Waals surface area contributed by atoms with E-state index in [4.69, 9.17) is 16.3 Å². The van der Waals surface area contributed by atoms with Crippen LogP contribution in [0.1, 0.15) is 11.1 Å². The van der Waals surface area contributed by atoms with Gasteiger partial charge in [-0.15, -0.1) is 0 Å². The zero-order valence-electron chi connectivity index (χ0n) is 11.0. The van der Waals surface area contributed by atoms with Gasteiger partial charge in [-0.2, -0.15) is 0 Å². The van der Waals surface area contributed by atoms with Crippen LogP contribution in [0, 0.1) is 0 Å². The van der Waals surface area contributed by atoms with E-state index < -0.39 is 0 Å². The van der Waals surface area contributed by atoms with E-state index in [1.165, 1.54) is 16.0 Å². The third kappa shape index (κ3) is 3.35. The highest BCUT2D eigenvalue weighted by atomic mass is 79.9. The molecule has 0 amide bonds. The molecule has 4 heteroatoms. The molecule has 20 heavy (non-hydrogen) atoms. The molecule has 0 spiro atoms. The van der Waals surface area contributed by atoms with Crippen molar-refractivity contribution in [3.05, 3.63) is 63.1 Å². The summed E-state index contributed by atoms with van der Waals surface area (Å²) in [6.07, 6.45) is 1.04. The van der Waals surface area contributed by atoms with Crippen molar-refractivity contribution in [1.82, 2.24) is 0 Å². The van der Waals surface area contributed by atoms with Gasteiger partial charge in [-0.05, 0) is 35.9 Å². The molecule has 1 aliphatic heterocycles. The monoisotopic (exact) mass is 352 g/mol. The molecule has 1 aliphatic rings. The predicted molar refractivity (Wildman–Crippen MR) is 84.3 cm³/mol. The van der Waals surface area contributed by atoms with Crippen LogP contribution in [-0.4, -0.2) is 13.3 Å². The Morgan fingerprint density at radius 2 is 1.95 bits per heavy atom. The summed E-state index contributed by atoms with van der Waals surface area (Å²) in [7, 11) is 0. The summed E-state index contributed by atoms with van der Waals surface area (Å²) in [5.41, 5.74) is 2.60. The summed E-state index contributed by atoms with van der Waals surface area (Å²) in [5.74, 6) is 1.02. The minimum atomic E-state index is 0.738. The van der Waals surface area contributed by atoms with E-state index in [1.807, 2.05) is 24.3 Å². The predicted octanol–water partition coefficient (Wildman–Crippen LogP) is 3.08. The van der Waals surface area contributed by atoms with E-state index in [0.29, 0.717) is 0 Å². The van der Waals surface area contributed by atoms with Crippen LogP contribution in [0.25, 0.3) is 0 Å². The van der Waals surface area contributed by atoms with Crippen molar-refractivity contribution in [3.8, 4) is 5.75 Å². The second kappa shape index (κ2) is 6.17. The van der Waals surface area contributed by atoms with Crippen LogP contribution in [0.2, 0.25) is 5.02 Å². The lowest BCUT2D eigenvalue weighted by Crippen LogP contribution is -3.12. The van der Waals surface area contributed by atoms with Gasteiger partial charge in [-0.25, -0.2) is 0 Å². The number of nitrogens with one attached hydrogen (secondary N) is 1. The summed E-state index contributed by atoms with van der Waals surface area (Å²) >= 11 is 9.42. The maximum absolute atomic E-state index is 5.90. The SMILES string of the molecule is Clc1ccc(CC[NH+]2COc3ccc(Br)cc3C2)cc1. The highest BCUT2D eigenvalue weighted by molar-refractivity contribution is 9.10. The van der Waals surface area contributed by atoms with E-state index in [0.717, 1.165) is 41.5 Å². The first-order valence-electron chi connectivity index (χ1n) is 6.70. The summed E-state index contributed by atoms with van der Waals surface area (Å²) in [5, 5.41) is 0.793. The number of hydrogen-bond acceptors (Lipinski definition) is 1. The number of hydrogen-bond donors (Lipinski definition) is 1. The fraction of sp³-hybridized carbons (Fsp3) is 0.250. The molecule has 1 atom stereocenters. The normalized spacial score (nSPS) is 17.4. The van der Waals surface area contributed by atoms with Gasteiger partial charge in [0, 0.05) is 21.5 Å². The van der Waals surface area contributed by atoms with E-state index in [1.54, 1.807) is 0 Å². The van der Waals surface area contributed by atoms with Gasteiger partial charge in [-0.1, -0.05) is 39.7 Å². The molecule has 2 aromatic carbocycles. The Bertz CT molecular complexity index is 600. The van der Waals surface area contributed by atoms with Crippen LogP contribution in [0.15, 0.2) is 46.9 Å². The van der Waals surface area contributed by atoms with Gasteiger partial charge in [0.1, 0.15) is 12.3 Å². The zero-order valence-corrected chi connectivity index (χ0v) is 13.4. The Balaban J connectivity index is 1.61. The summed E-state index contributed by atoms with van der Waals surface area (Å²) in [4.78, 5) is 1.45. The molecular weight excluding hydrogens is 338 g/mol.